The minimum absolute atomic E-state index is 0.0755. The number of amides is 4. The topological polar surface area (TPSA) is 213 Å². The van der Waals surface area contributed by atoms with Crippen LogP contribution in [0.3, 0.4) is 0 Å². The van der Waals surface area contributed by atoms with Gasteiger partial charge in [-0.1, -0.05) is 194 Å². The standard InChI is InChI=1S/C66H54N12O4S4/c79-59(71-75-63(83)67-55-33-13-21-39-17-1-5-25-43(39)55)53(60(80)72-76-64(84)68-56-34-14-22-40-18-2-6-26-44(40)56)37-51-47-29-9-11-31-49(47)52(50-32-12-10-30-48(50)51)38-54(61(81)73-77-65(85)69-57-35-15-23-41-19-3-7-27-45(41)57)62(82)74-78-66(86)70-58-36-16-24-42-20-4-8-28-46(42)58/h1-36,53-54H,37-38H2,(H,71,79)(H,72,80)(H,73,81)(H,74,82)(H2,67,75,83)(H2,68,76,84)(H2,69,77,85)(H2,70,78,86). The fraction of sp³-hybridized carbons (Fsp3) is 0.0606. The molecule has 4 amide bonds. The Balaban J connectivity index is 0.885. The molecule has 0 aliphatic rings. The van der Waals surface area contributed by atoms with Crippen LogP contribution in [0, 0.1) is 11.8 Å². The quantitative estimate of drug-likeness (QED) is 0.0237. The van der Waals surface area contributed by atoms with Crippen LogP contribution >= 0.6 is 48.9 Å². The number of fused-ring (bicyclic) bond motifs is 6. The molecular weight excluding hydrogens is 1150 g/mol. The first-order valence-corrected chi connectivity index (χ1v) is 28.9. The summed E-state index contributed by atoms with van der Waals surface area (Å²) >= 11 is 22.7. The highest BCUT2D eigenvalue weighted by molar-refractivity contribution is 7.81. The average molecular weight is 1210 g/mol. The smallest absolute Gasteiger partial charge is 0.251 e. The molecule has 0 saturated carbocycles. The lowest BCUT2D eigenvalue weighted by atomic mass is 9.84. The third-order valence-electron chi connectivity index (χ3n) is 14.6. The number of rotatable bonds is 12. The Morgan fingerprint density at radius 2 is 0.453 bits per heavy atom. The third kappa shape index (κ3) is 13.2. The van der Waals surface area contributed by atoms with E-state index in [2.05, 4.69) is 64.7 Å². The summed E-state index contributed by atoms with van der Waals surface area (Å²) in [5.74, 6) is -5.72. The Morgan fingerprint density at radius 3 is 0.686 bits per heavy atom. The molecule has 426 valence electrons. The normalized spacial score (nSPS) is 11.0. The monoisotopic (exact) mass is 1210 g/mol. The molecule has 20 heteroatoms. The van der Waals surface area contributed by atoms with Crippen LogP contribution < -0.4 is 64.7 Å². The number of hydrogen-bond donors (Lipinski definition) is 12. The highest BCUT2D eigenvalue weighted by atomic mass is 32.1. The maximum atomic E-state index is 14.7. The van der Waals surface area contributed by atoms with Crippen LogP contribution in [-0.2, 0) is 32.0 Å². The molecule has 0 aromatic heterocycles. The van der Waals surface area contributed by atoms with Crippen molar-refractivity contribution in [2.45, 2.75) is 12.8 Å². The first-order valence-electron chi connectivity index (χ1n) is 27.3. The van der Waals surface area contributed by atoms with E-state index in [9.17, 15) is 19.2 Å². The van der Waals surface area contributed by atoms with E-state index in [1.807, 2.05) is 218 Å². The lowest BCUT2D eigenvalue weighted by molar-refractivity contribution is -0.137. The van der Waals surface area contributed by atoms with Crippen molar-refractivity contribution in [1.29, 1.82) is 0 Å². The second kappa shape index (κ2) is 26.5. The van der Waals surface area contributed by atoms with Gasteiger partial charge in [-0.15, -0.1) is 0 Å². The molecule has 0 saturated heterocycles. The van der Waals surface area contributed by atoms with E-state index >= 15 is 0 Å². The van der Waals surface area contributed by atoms with E-state index in [-0.39, 0.29) is 33.3 Å². The van der Waals surface area contributed by atoms with Crippen molar-refractivity contribution in [3.8, 4) is 0 Å². The highest BCUT2D eigenvalue weighted by Crippen LogP contribution is 2.36. The molecule has 16 nitrogen and oxygen atoms in total. The van der Waals surface area contributed by atoms with Gasteiger partial charge in [-0.2, -0.15) is 0 Å². The molecule has 11 rings (SSSR count). The molecule has 0 fully saturated rings. The summed E-state index contributed by atoms with van der Waals surface area (Å²) in [4.78, 5) is 58.8. The summed E-state index contributed by atoms with van der Waals surface area (Å²) in [5.41, 5.74) is 26.0. The second-order valence-electron chi connectivity index (χ2n) is 19.9. The Labute approximate surface area is 515 Å². The molecule has 12 N–H and O–H groups in total. The highest BCUT2D eigenvalue weighted by Gasteiger charge is 2.33. The van der Waals surface area contributed by atoms with E-state index in [0.717, 1.165) is 43.1 Å². The van der Waals surface area contributed by atoms with Gasteiger partial charge in [0.05, 0.1) is 0 Å². The van der Waals surface area contributed by atoms with Gasteiger partial charge < -0.3 is 21.3 Å². The van der Waals surface area contributed by atoms with Crippen LogP contribution in [0.15, 0.2) is 218 Å². The minimum atomic E-state index is -1.42. The van der Waals surface area contributed by atoms with Crippen molar-refractivity contribution in [3.63, 3.8) is 0 Å². The van der Waals surface area contributed by atoms with Crippen molar-refractivity contribution >= 4 is 180 Å². The first-order chi connectivity index (χ1) is 41.9. The summed E-state index contributed by atoms with van der Waals surface area (Å²) in [6, 6.07) is 69.0. The fourth-order valence-electron chi connectivity index (χ4n) is 10.5. The molecule has 0 radical (unpaired) electrons. The average Bonchev–Trinajstić information content (AvgIpc) is 1.40. The lowest BCUT2D eigenvalue weighted by Crippen LogP contribution is -2.53. The first kappa shape index (κ1) is 57.4. The van der Waals surface area contributed by atoms with Gasteiger partial charge in [0.25, 0.3) is 23.6 Å². The van der Waals surface area contributed by atoms with Crippen LogP contribution in [0.25, 0.3) is 64.6 Å². The molecule has 0 spiro atoms. The second-order valence-corrected chi connectivity index (χ2v) is 21.6. The number of anilines is 4. The summed E-state index contributed by atoms with van der Waals surface area (Å²) in [6.45, 7) is 0. The van der Waals surface area contributed by atoms with Gasteiger partial charge in [0, 0.05) is 44.3 Å². The van der Waals surface area contributed by atoms with Crippen LogP contribution in [0.5, 0.6) is 0 Å². The van der Waals surface area contributed by atoms with Crippen molar-refractivity contribution in [2.24, 2.45) is 11.8 Å². The largest absolute Gasteiger partial charge is 0.331 e. The molecule has 11 aromatic carbocycles. The Hall–Kier alpha value is -10.4. The summed E-state index contributed by atoms with van der Waals surface area (Å²) in [7, 11) is 0. The number of nitrogens with one attached hydrogen (secondary N) is 12. The van der Waals surface area contributed by atoms with Crippen molar-refractivity contribution in [2.75, 3.05) is 21.3 Å². The molecule has 86 heavy (non-hydrogen) atoms. The molecular formula is C66H54N12O4S4. The molecule has 0 atom stereocenters. The molecule has 0 unspecified atom stereocenters. The summed E-state index contributed by atoms with van der Waals surface area (Å²) in [6.07, 6.45) is -0.286. The zero-order chi connectivity index (χ0) is 59.5. The maximum Gasteiger partial charge on any atom is 0.251 e. The number of carbonyl (C=O) groups is 4. The summed E-state index contributed by atoms with van der Waals surface area (Å²) < 4.78 is 0. The van der Waals surface area contributed by atoms with Crippen LogP contribution in [0.1, 0.15) is 11.1 Å². The number of benzene rings is 11. The minimum Gasteiger partial charge on any atom is -0.331 e. The number of thiocarbonyl (C=S) groups is 4. The summed E-state index contributed by atoms with van der Waals surface area (Å²) in [5, 5.41) is 23.2. The molecule has 0 bridgehead atoms. The van der Waals surface area contributed by atoms with Crippen LogP contribution in [0.2, 0.25) is 0 Å². The molecule has 11 aromatic rings. The molecule has 0 heterocycles. The number of carbonyl (C=O) groups excluding carboxylic acids is 4. The van der Waals surface area contributed by atoms with Crippen molar-refractivity contribution in [1.82, 2.24) is 43.4 Å². The zero-order valence-electron chi connectivity index (χ0n) is 45.6. The predicted octanol–water partition coefficient (Wildman–Crippen LogP) is 11.0. The van der Waals surface area contributed by atoms with Gasteiger partial charge in [0.15, 0.2) is 20.4 Å². The van der Waals surface area contributed by atoms with E-state index in [1.165, 1.54) is 0 Å². The third-order valence-corrected chi connectivity index (χ3v) is 15.4. The fourth-order valence-corrected chi connectivity index (χ4v) is 11.2. The van der Waals surface area contributed by atoms with E-state index < -0.39 is 35.5 Å². The van der Waals surface area contributed by atoms with Gasteiger partial charge >= 0.3 is 0 Å². The van der Waals surface area contributed by atoms with E-state index in [0.29, 0.717) is 55.4 Å². The van der Waals surface area contributed by atoms with Crippen LogP contribution in [-0.4, -0.2) is 44.1 Å². The van der Waals surface area contributed by atoms with Gasteiger partial charge in [-0.05, 0) is 140 Å². The van der Waals surface area contributed by atoms with Gasteiger partial charge in [-0.25, -0.2) is 0 Å². The van der Waals surface area contributed by atoms with Crippen molar-refractivity contribution < 1.29 is 19.2 Å². The SMILES string of the molecule is O=C(NNC(=S)Nc1cccc2ccccc12)C(Cc1c2ccccc2c(CC(C(=O)NNC(=S)Nc2cccc3ccccc23)C(=O)NNC(=S)Nc2cccc3ccccc23)c2ccccc12)C(=O)NNC(=S)Nc1cccc2ccccc12. The Kier molecular flexibility index (Phi) is 17.7. The lowest BCUT2D eigenvalue weighted by Gasteiger charge is -2.24. The van der Waals surface area contributed by atoms with E-state index in [4.69, 9.17) is 48.9 Å². The Morgan fingerprint density at radius 1 is 0.256 bits per heavy atom. The Bertz CT molecular complexity index is 3930. The zero-order valence-corrected chi connectivity index (χ0v) is 48.9. The van der Waals surface area contributed by atoms with Crippen molar-refractivity contribution in [3.05, 3.63) is 230 Å². The maximum absolute atomic E-state index is 14.7. The van der Waals surface area contributed by atoms with Crippen LogP contribution in [0.4, 0.5) is 22.7 Å². The van der Waals surface area contributed by atoms with Gasteiger partial charge in [0.1, 0.15) is 11.8 Å². The molecule has 0 aliphatic heterocycles. The molecule has 0 aliphatic carbocycles. The number of hydrogen-bond acceptors (Lipinski definition) is 8. The van der Waals surface area contributed by atoms with Gasteiger partial charge in [0.2, 0.25) is 0 Å². The van der Waals surface area contributed by atoms with Gasteiger partial charge in [-0.3, -0.25) is 62.6 Å². The number of hydrazine groups is 4. The predicted molar refractivity (Wildman–Crippen MR) is 362 cm³/mol. The van der Waals surface area contributed by atoms with E-state index in [1.54, 1.807) is 0 Å².